The Bertz CT molecular complexity index is 639. The van der Waals surface area contributed by atoms with Crippen molar-refractivity contribution in [2.24, 2.45) is 9.63 Å². The van der Waals surface area contributed by atoms with Crippen LogP contribution in [-0.2, 0) is 10.3 Å². The molecular weight excluding hydrogens is 402 g/mol. The number of nitrogens with zero attached hydrogens (tertiary/aromatic N) is 3. The third-order valence-corrected chi connectivity index (χ3v) is 5.34. The number of aromatic hydroxyl groups is 1. The number of phenols is 1. The fourth-order valence-electron chi connectivity index (χ4n) is 3.26. The molecule has 0 aliphatic rings. The lowest BCUT2D eigenvalue weighted by Crippen LogP contribution is -2.50. The zero-order chi connectivity index (χ0) is 22.9. The minimum Gasteiger partial charge on any atom is -0.508 e. The molecule has 7 nitrogen and oxygen atoms in total. The largest absolute Gasteiger partial charge is 0.508 e. The van der Waals surface area contributed by atoms with Gasteiger partial charge in [0.2, 0.25) is 0 Å². The van der Waals surface area contributed by atoms with Gasteiger partial charge in [-0.15, -0.1) is 5.11 Å². The highest BCUT2D eigenvalue weighted by atomic mass is 32.2. The lowest BCUT2D eigenvalue weighted by Gasteiger charge is -2.39. The third kappa shape index (κ3) is 14.5. The van der Waals surface area contributed by atoms with Gasteiger partial charge in [0.15, 0.2) is 0 Å². The van der Waals surface area contributed by atoms with E-state index in [1.54, 1.807) is 0 Å². The van der Waals surface area contributed by atoms with Crippen LogP contribution >= 0.6 is 0 Å². The molecule has 0 aliphatic heterocycles. The van der Waals surface area contributed by atoms with Crippen molar-refractivity contribution in [3.05, 3.63) is 24.3 Å². The first kappa shape index (κ1) is 28.5. The Balaban J connectivity index is 0.000000579. The number of quaternary nitrogens is 1. The second kappa shape index (κ2) is 16.2. The van der Waals surface area contributed by atoms with Crippen LogP contribution in [0.4, 0.5) is 5.69 Å². The van der Waals surface area contributed by atoms with Gasteiger partial charge in [0.05, 0.1) is 31.9 Å². The number of hydrogen-bond acceptors (Lipinski definition) is 4. The minimum absolute atomic E-state index is 0.0332. The van der Waals surface area contributed by atoms with Crippen molar-refractivity contribution in [3.8, 4) is 5.75 Å². The van der Waals surface area contributed by atoms with Crippen LogP contribution in [0.15, 0.2) is 33.9 Å². The third-order valence-electron chi connectivity index (χ3n) is 5.05. The summed E-state index contributed by atoms with van der Waals surface area (Å²) in [7, 11) is -4.44. The second-order valence-corrected chi connectivity index (χ2v) is 8.86. The number of rotatable bonds is 14. The molecule has 0 aliphatic carbocycles. The van der Waals surface area contributed by atoms with Crippen molar-refractivity contribution in [2.75, 3.05) is 26.2 Å². The van der Waals surface area contributed by atoms with E-state index in [0.29, 0.717) is 0 Å². The van der Waals surface area contributed by atoms with Gasteiger partial charge in [0.25, 0.3) is 0 Å². The summed E-state index contributed by atoms with van der Waals surface area (Å²) in [5.74, 6) is 0.0332. The quantitative estimate of drug-likeness (QED) is 0.200. The molecular formula is C22H42N3O4S+. The Morgan fingerprint density at radius 2 is 1.13 bits per heavy atom. The van der Waals surface area contributed by atoms with E-state index in [9.17, 15) is 8.42 Å². The molecule has 0 bridgehead atoms. The summed E-state index contributed by atoms with van der Waals surface area (Å²) in [6.45, 7) is 15.0. The number of phenolic OH excluding ortho intramolecular Hbond substituents is 1. The molecule has 0 unspecified atom stereocenters. The number of hydrogen-bond donors (Lipinski definition) is 2. The molecule has 0 saturated carbocycles. The average molecular weight is 445 g/mol. The Morgan fingerprint density at radius 3 is 1.43 bits per heavy atom. The van der Waals surface area contributed by atoms with E-state index < -0.39 is 10.3 Å². The van der Waals surface area contributed by atoms with E-state index in [1.165, 1.54) is 106 Å². The van der Waals surface area contributed by atoms with Gasteiger partial charge in [-0.05, 0) is 54.5 Å². The van der Waals surface area contributed by atoms with Crippen LogP contribution in [0.3, 0.4) is 0 Å². The Kier molecular flexibility index (Phi) is 15.4. The zero-order valence-electron chi connectivity index (χ0n) is 19.3. The van der Waals surface area contributed by atoms with Crippen molar-refractivity contribution in [1.82, 2.24) is 0 Å². The normalized spacial score (nSPS) is 12.0. The van der Waals surface area contributed by atoms with Crippen molar-refractivity contribution in [2.45, 2.75) is 79.1 Å². The maximum atomic E-state index is 10.1. The fourth-order valence-corrected chi connectivity index (χ4v) is 3.46. The maximum Gasteiger partial charge on any atom is 0.396 e. The van der Waals surface area contributed by atoms with Gasteiger partial charge in [-0.25, -0.2) is 0 Å². The molecule has 30 heavy (non-hydrogen) atoms. The van der Waals surface area contributed by atoms with Gasteiger partial charge < -0.3 is 9.59 Å². The van der Waals surface area contributed by atoms with Crippen molar-refractivity contribution < 1.29 is 22.6 Å². The van der Waals surface area contributed by atoms with Crippen LogP contribution in [0.5, 0.6) is 5.75 Å². The summed E-state index contributed by atoms with van der Waals surface area (Å²) < 4.78 is 32.5. The van der Waals surface area contributed by atoms with Crippen molar-refractivity contribution in [3.63, 3.8) is 0 Å². The van der Waals surface area contributed by atoms with E-state index in [-0.39, 0.29) is 11.4 Å². The van der Waals surface area contributed by atoms with Gasteiger partial charge in [-0.2, -0.15) is 8.42 Å². The maximum absolute atomic E-state index is 10.1. The van der Waals surface area contributed by atoms with Gasteiger partial charge in [0, 0.05) is 0 Å². The van der Waals surface area contributed by atoms with Crippen LogP contribution in [-0.4, -0.2) is 48.7 Å². The molecule has 0 spiro atoms. The molecule has 0 radical (unpaired) electrons. The Hall–Kier alpha value is -1.51. The lowest BCUT2D eigenvalue weighted by atomic mass is 10.1. The summed E-state index contributed by atoms with van der Waals surface area (Å²) in [5.41, 5.74) is 0.218. The van der Waals surface area contributed by atoms with Crippen LogP contribution < -0.4 is 0 Å². The average Bonchev–Trinajstić information content (AvgIpc) is 2.72. The molecule has 2 N–H and O–H groups in total. The van der Waals surface area contributed by atoms with E-state index in [0.717, 1.165) is 0 Å². The fraction of sp³-hybridized carbons (Fsp3) is 0.727. The highest BCUT2D eigenvalue weighted by molar-refractivity contribution is 7.84. The zero-order valence-corrected chi connectivity index (χ0v) is 20.1. The Morgan fingerprint density at radius 1 is 0.767 bits per heavy atom. The second-order valence-electron chi connectivity index (χ2n) is 7.80. The lowest BCUT2D eigenvalue weighted by molar-refractivity contribution is -0.929. The van der Waals surface area contributed by atoms with E-state index in [4.69, 9.17) is 9.66 Å². The molecule has 1 aromatic rings. The van der Waals surface area contributed by atoms with E-state index in [2.05, 4.69) is 37.3 Å². The summed E-state index contributed by atoms with van der Waals surface area (Å²) >= 11 is 0. The predicted molar refractivity (Wildman–Crippen MR) is 124 cm³/mol. The van der Waals surface area contributed by atoms with Crippen LogP contribution in [0.1, 0.15) is 79.1 Å². The van der Waals surface area contributed by atoms with Gasteiger partial charge in [-0.3, -0.25) is 4.55 Å². The SMILES string of the molecule is CCCC[N+](CCCC)(CCCC)CCCC.O=S(=O)(O)N=Nc1ccc(O)cc1. The summed E-state index contributed by atoms with van der Waals surface area (Å²) in [5, 5.41) is 12.0. The standard InChI is InChI=1S/C16H36N.C6H6N2O4S/c1-5-9-13-17(14-10-6-2,15-11-7-3)16-12-8-4;9-6-3-1-5(2-4-6)7-8-13(10,11)12/h5-16H2,1-4H3;1-4,9H,(H,10,11,12)/q+1;. The molecule has 174 valence electrons. The summed E-state index contributed by atoms with van der Waals surface area (Å²) in [4.78, 5) is 0. The molecule has 0 fully saturated rings. The minimum atomic E-state index is -4.44. The number of unbranched alkanes of at least 4 members (excludes halogenated alkanes) is 4. The van der Waals surface area contributed by atoms with E-state index >= 15 is 0 Å². The molecule has 8 heteroatoms. The van der Waals surface area contributed by atoms with Crippen molar-refractivity contribution >= 4 is 16.0 Å². The molecule has 0 amide bonds. The molecule has 0 heterocycles. The first-order valence-corrected chi connectivity index (χ1v) is 12.7. The summed E-state index contributed by atoms with van der Waals surface area (Å²) in [6.07, 6.45) is 11.1. The predicted octanol–water partition coefficient (Wildman–Crippen LogP) is 6.28. The van der Waals surface area contributed by atoms with E-state index in [1.807, 2.05) is 0 Å². The van der Waals surface area contributed by atoms with Gasteiger partial charge >= 0.3 is 10.3 Å². The van der Waals surface area contributed by atoms with Gasteiger partial charge in [0.1, 0.15) is 5.75 Å². The van der Waals surface area contributed by atoms with Crippen molar-refractivity contribution in [1.29, 1.82) is 0 Å². The van der Waals surface area contributed by atoms with Gasteiger partial charge in [-0.1, -0.05) is 53.4 Å². The molecule has 0 atom stereocenters. The molecule has 0 aromatic heterocycles. The highest BCUT2D eigenvalue weighted by Gasteiger charge is 2.24. The Labute approximate surface area is 183 Å². The highest BCUT2D eigenvalue weighted by Crippen LogP contribution is 2.17. The number of benzene rings is 1. The van der Waals surface area contributed by atoms with Crippen LogP contribution in [0.25, 0.3) is 0 Å². The molecule has 1 rings (SSSR count). The first-order valence-electron chi connectivity index (χ1n) is 11.3. The molecule has 0 saturated heterocycles. The first-order chi connectivity index (χ1) is 14.2. The van der Waals surface area contributed by atoms with Crippen LogP contribution in [0.2, 0.25) is 0 Å². The molecule has 1 aromatic carbocycles. The monoisotopic (exact) mass is 444 g/mol. The topological polar surface area (TPSA) is 99.3 Å². The van der Waals surface area contributed by atoms with Crippen LogP contribution in [0, 0.1) is 0 Å². The summed E-state index contributed by atoms with van der Waals surface area (Å²) in [6, 6.07) is 5.34. The smallest absolute Gasteiger partial charge is 0.396 e.